The Morgan fingerprint density at radius 1 is 1.06 bits per heavy atom. The maximum atomic E-state index is 12.7. The largest absolute Gasteiger partial charge is 0.493 e. The molecule has 2 aliphatic rings. The molecule has 2 aliphatic heterocycles. The van der Waals surface area contributed by atoms with Crippen molar-refractivity contribution in [1.82, 2.24) is 30.0 Å². The van der Waals surface area contributed by atoms with Crippen molar-refractivity contribution in [3.8, 4) is 11.5 Å². The fraction of sp³-hybridized carbons (Fsp3) is 0.391. The minimum absolute atomic E-state index is 0.00672. The molecule has 0 radical (unpaired) electrons. The standard InChI is InChI=1S/C23H26N6O3/c30-23(16-29-25-22(24-26-29)17-32-20-4-2-1-3-5-20)28-11-9-27(10-12-28)15-18-6-7-21-19(14-18)8-13-31-21/h1-7,14H,8-13,15-17H2. The lowest BCUT2D eigenvalue weighted by molar-refractivity contribution is -0.134. The second-order valence-electron chi connectivity index (χ2n) is 8.04. The Morgan fingerprint density at radius 3 is 2.75 bits per heavy atom. The molecular formula is C23H26N6O3. The van der Waals surface area contributed by atoms with Gasteiger partial charge in [-0.2, -0.15) is 4.80 Å². The van der Waals surface area contributed by atoms with Gasteiger partial charge in [-0.25, -0.2) is 0 Å². The van der Waals surface area contributed by atoms with Crippen LogP contribution in [0.25, 0.3) is 0 Å². The SMILES string of the molecule is O=C(Cn1nnc(COc2ccccc2)n1)N1CCN(Cc2ccc3c(c2)CCO3)CC1. The molecule has 0 N–H and O–H groups in total. The van der Waals surface area contributed by atoms with Crippen molar-refractivity contribution >= 4 is 5.91 Å². The molecule has 166 valence electrons. The first kappa shape index (κ1) is 20.4. The van der Waals surface area contributed by atoms with Crippen LogP contribution in [0.3, 0.4) is 0 Å². The first-order valence-electron chi connectivity index (χ1n) is 10.9. The summed E-state index contributed by atoms with van der Waals surface area (Å²) in [6.45, 7) is 5.07. The average Bonchev–Trinajstić information content (AvgIpc) is 3.48. The van der Waals surface area contributed by atoms with Crippen LogP contribution in [-0.4, -0.2) is 68.7 Å². The number of carbonyl (C=O) groups is 1. The van der Waals surface area contributed by atoms with E-state index in [1.807, 2.05) is 35.2 Å². The number of nitrogens with zero attached hydrogens (tertiary/aromatic N) is 6. The molecule has 0 aliphatic carbocycles. The number of fused-ring (bicyclic) bond motifs is 1. The summed E-state index contributed by atoms with van der Waals surface area (Å²) in [7, 11) is 0. The fourth-order valence-electron chi connectivity index (χ4n) is 4.04. The number of hydrogen-bond acceptors (Lipinski definition) is 7. The Hall–Kier alpha value is -3.46. The molecule has 32 heavy (non-hydrogen) atoms. The van der Waals surface area contributed by atoms with Gasteiger partial charge in [0.25, 0.3) is 0 Å². The molecule has 0 spiro atoms. The summed E-state index contributed by atoms with van der Waals surface area (Å²) in [4.78, 5) is 18.3. The number of piperazine rings is 1. The Labute approximate surface area is 186 Å². The molecule has 3 aromatic rings. The molecule has 0 saturated carbocycles. The van der Waals surface area contributed by atoms with E-state index in [9.17, 15) is 4.79 Å². The van der Waals surface area contributed by atoms with Gasteiger partial charge in [0.15, 0.2) is 6.61 Å². The number of ether oxygens (including phenoxy) is 2. The van der Waals surface area contributed by atoms with Crippen LogP contribution in [-0.2, 0) is 30.9 Å². The van der Waals surface area contributed by atoms with Gasteiger partial charge in [-0.3, -0.25) is 9.69 Å². The van der Waals surface area contributed by atoms with Crippen LogP contribution >= 0.6 is 0 Å². The molecule has 9 nitrogen and oxygen atoms in total. The third-order valence-corrected chi connectivity index (χ3v) is 5.77. The van der Waals surface area contributed by atoms with E-state index in [-0.39, 0.29) is 19.1 Å². The summed E-state index contributed by atoms with van der Waals surface area (Å²) in [6.07, 6.45) is 0.988. The Bertz CT molecular complexity index is 1060. The highest BCUT2D eigenvalue weighted by Crippen LogP contribution is 2.26. The van der Waals surface area contributed by atoms with Gasteiger partial charge < -0.3 is 14.4 Å². The van der Waals surface area contributed by atoms with E-state index in [2.05, 4.69) is 38.5 Å². The number of carbonyl (C=O) groups excluding carboxylic acids is 1. The highest BCUT2D eigenvalue weighted by Gasteiger charge is 2.22. The zero-order chi connectivity index (χ0) is 21.8. The minimum Gasteiger partial charge on any atom is -0.493 e. The normalized spacial score (nSPS) is 15.9. The molecule has 1 saturated heterocycles. The molecule has 1 amide bonds. The van der Waals surface area contributed by atoms with Gasteiger partial charge in [-0.05, 0) is 34.5 Å². The highest BCUT2D eigenvalue weighted by atomic mass is 16.5. The molecule has 0 atom stereocenters. The Balaban J connectivity index is 1.07. The van der Waals surface area contributed by atoms with E-state index in [0.29, 0.717) is 18.9 Å². The zero-order valence-electron chi connectivity index (χ0n) is 17.9. The second kappa shape index (κ2) is 9.35. The van der Waals surface area contributed by atoms with Crippen molar-refractivity contribution in [3.63, 3.8) is 0 Å². The number of hydrogen-bond donors (Lipinski definition) is 0. The topological polar surface area (TPSA) is 85.6 Å². The van der Waals surface area contributed by atoms with E-state index >= 15 is 0 Å². The van der Waals surface area contributed by atoms with Crippen LogP contribution < -0.4 is 9.47 Å². The summed E-state index contributed by atoms with van der Waals surface area (Å²) in [6, 6.07) is 15.9. The molecule has 0 bridgehead atoms. The van der Waals surface area contributed by atoms with E-state index in [1.54, 1.807) is 0 Å². The number of tetrazole rings is 1. The maximum Gasteiger partial charge on any atom is 0.246 e. The number of para-hydroxylation sites is 1. The van der Waals surface area contributed by atoms with Gasteiger partial charge in [-0.15, -0.1) is 10.2 Å². The van der Waals surface area contributed by atoms with Crippen molar-refractivity contribution in [2.75, 3.05) is 32.8 Å². The summed E-state index contributed by atoms with van der Waals surface area (Å²) in [5, 5.41) is 12.2. The van der Waals surface area contributed by atoms with Gasteiger partial charge >= 0.3 is 0 Å². The third-order valence-electron chi connectivity index (χ3n) is 5.77. The van der Waals surface area contributed by atoms with Gasteiger partial charge in [0, 0.05) is 39.1 Å². The van der Waals surface area contributed by atoms with E-state index in [0.717, 1.165) is 44.2 Å². The predicted molar refractivity (Wildman–Crippen MR) is 116 cm³/mol. The number of rotatable bonds is 7. The van der Waals surface area contributed by atoms with Crippen molar-refractivity contribution in [2.24, 2.45) is 0 Å². The lowest BCUT2D eigenvalue weighted by Crippen LogP contribution is -2.49. The van der Waals surface area contributed by atoms with Gasteiger partial charge in [0.2, 0.25) is 11.7 Å². The molecule has 0 unspecified atom stereocenters. The molecule has 3 heterocycles. The molecular weight excluding hydrogens is 408 g/mol. The van der Waals surface area contributed by atoms with Gasteiger partial charge in [0.1, 0.15) is 18.0 Å². The molecule has 1 fully saturated rings. The third kappa shape index (κ3) is 4.88. The highest BCUT2D eigenvalue weighted by molar-refractivity contribution is 5.75. The van der Waals surface area contributed by atoms with Crippen LogP contribution in [0.4, 0.5) is 0 Å². The van der Waals surface area contributed by atoms with Crippen LogP contribution in [0.1, 0.15) is 17.0 Å². The monoisotopic (exact) mass is 434 g/mol. The summed E-state index contributed by atoms with van der Waals surface area (Å²) >= 11 is 0. The molecule has 1 aromatic heterocycles. The second-order valence-corrected chi connectivity index (χ2v) is 8.04. The van der Waals surface area contributed by atoms with Gasteiger partial charge in [0.05, 0.1) is 6.61 Å². The van der Waals surface area contributed by atoms with Crippen LogP contribution in [0.5, 0.6) is 11.5 Å². The first-order chi connectivity index (χ1) is 15.7. The van der Waals surface area contributed by atoms with Crippen molar-refractivity contribution in [1.29, 1.82) is 0 Å². The van der Waals surface area contributed by atoms with Gasteiger partial charge in [-0.1, -0.05) is 30.3 Å². The Morgan fingerprint density at radius 2 is 1.91 bits per heavy atom. The van der Waals surface area contributed by atoms with Crippen molar-refractivity contribution in [3.05, 3.63) is 65.5 Å². The quantitative estimate of drug-likeness (QED) is 0.557. The fourth-order valence-corrected chi connectivity index (χ4v) is 4.04. The zero-order valence-corrected chi connectivity index (χ0v) is 17.9. The molecule has 9 heteroatoms. The first-order valence-corrected chi connectivity index (χ1v) is 10.9. The minimum atomic E-state index is 0.00672. The molecule has 5 rings (SSSR count). The van der Waals surface area contributed by atoms with Crippen molar-refractivity contribution in [2.45, 2.75) is 26.1 Å². The summed E-state index contributed by atoms with van der Waals surface area (Å²) in [5.41, 5.74) is 2.59. The maximum absolute atomic E-state index is 12.7. The lowest BCUT2D eigenvalue weighted by Gasteiger charge is -2.34. The Kier molecular flexibility index (Phi) is 5.98. The lowest BCUT2D eigenvalue weighted by atomic mass is 10.1. The summed E-state index contributed by atoms with van der Waals surface area (Å²) < 4.78 is 11.2. The van der Waals surface area contributed by atoms with Crippen molar-refractivity contribution < 1.29 is 14.3 Å². The van der Waals surface area contributed by atoms with Crippen LogP contribution in [0.2, 0.25) is 0 Å². The average molecular weight is 435 g/mol. The summed E-state index contributed by atoms with van der Waals surface area (Å²) in [5.74, 6) is 2.21. The number of benzene rings is 2. The van der Waals surface area contributed by atoms with E-state index < -0.39 is 0 Å². The predicted octanol–water partition coefficient (Wildman–Crippen LogP) is 1.53. The van der Waals surface area contributed by atoms with E-state index in [1.165, 1.54) is 15.9 Å². The molecule has 2 aromatic carbocycles. The smallest absolute Gasteiger partial charge is 0.246 e. The van der Waals surface area contributed by atoms with E-state index in [4.69, 9.17) is 9.47 Å². The van der Waals surface area contributed by atoms with Crippen LogP contribution in [0.15, 0.2) is 48.5 Å². The van der Waals surface area contributed by atoms with Crippen LogP contribution in [0, 0.1) is 0 Å². The number of amides is 1. The number of aromatic nitrogens is 4.